The van der Waals surface area contributed by atoms with Crippen LogP contribution >= 0.6 is 0 Å². The quantitative estimate of drug-likeness (QED) is 0.678. The van der Waals surface area contributed by atoms with Gasteiger partial charge in [0.25, 0.3) is 0 Å². The second-order valence-electron chi connectivity index (χ2n) is 8.17. The lowest BCUT2D eigenvalue weighted by Gasteiger charge is -2.28. The molecule has 0 aromatic rings. The maximum absolute atomic E-state index is 12.4. The lowest BCUT2D eigenvalue weighted by atomic mass is 9.82. The summed E-state index contributed by atoms with van der Waals surface area (Å²) in [4.78, 5) is 35.3. The molecular weight excluding hydrogens is 324 g/mol. The van der Waals surface area contributed by atoms with Gasteiger partial charge in [0.05, 0.1) is 5.92 Å². The Morgan fingerprint density at radius 1 is 1.12 bits per heavy atom. The molecule has 2 amide bonds. The number of carboxylic acid groups (broad SMARTS) is 1. The van der Waals surface area contributed by atoms with E-state index in [0.717, 1.165) is 12.8 Å². The van der Waals surface area contributed by atoms with Crippen molar-refractivity contribution in [3.63, 3.8) is 0 Å². The zero-order valence-electron chi connectivity index (χ0n) is 15.9. The molecule has 7 heteroatoms. The van der Waals surface area contributed by atoms with E-state index in [4.69, 9.17) is 9.84 Å². The molecule has 0 saturated heterocycles. The number of carbonyl (C=O) groups excluding carboxylic acids is 2. The van der Waals surface area contributed by atoms with Crippen molar-refractivity contribution in [2.24, 2.45) is 17.8 Å². The van der Waals surface area contributed by atoms with Crippen molar-refractivity contribution in [3.05, 3.63) is 0 Å². The smallest absolute Gasteiger partial charge is 0.408 e. The SMILES string of the molecule is CC(C)[C@@H](NC(=O)OC(C)(C)C)C(=O)NCC1CCC(C(=O)O)CC1. The summed E-state index contributed by atoms with van der Waals surface area (Å²) in [6.07, 6.45) is 2.29. The Hall–Kier alpha value is -1.79. The van der Waals surface area contributed by atoms with Crippen LogP contribution in [0, 0.1) is 17.8 Å². The number of nitrogens with one attached hydrogen (secondary N) is 2. The molecular formula is C18H32N2O5. The van der Waals surface area contributed by atoms with Crippen LogP contribution in [0.3, 0.4) is 0 Å². The minimum Gasteiger partial charge on any atom is -0.481 e. The van der Waals surface area contributed by atoms with Crippen molar-refractivity contribution < 1.29 is 24.2 Å². The van der Waals surface area contributed by atoms with E-state index in [-0.39, 0.29) is 23.7 Å². The monoisotopic (exact) mass is 356 g/mol. The molecule has 1 saturated carbocycles. The van der Waals surface area contributed by atoms with Crippen LogP contribution in [0.25, 0.3) is 0 Å². The number of aliphatic carboxylic acids is 1. The first-order chi connectivity index (χ1) is 11.5. The Kier molecular flexibility index (Phi) is 7.70. The van der Waals surface area contributed by atoms with Gasteiger partial charge in [-0.1, -0.05) is 13.8 Å². The van der Waals surface area contributed by atoms with Gasteiger partial charge in [-0.2, -0.15) is 0 Å². The summed E-state index contributed by atoms with van der Waals surface area (Å²) in [6, 6.07) is -0.662. The number of amides is 2. The minimum atomic E-state index is -0.732. The van der Waals surface area contributed by atoms with Crippen LogP contribution in [0.2, 0.25) is 0 Å². The van der Waals surface area contributed by atoms with Gasteiger partial charge < -0.3 is 20.5 Å². The van der Waals surface area contributed by atoms with Gasteiger partial charge in [0.2, 0.25) is 5.91 Å². The molecule has 144 valence electrons. The standard InChI is InChI=1S/C18H32N2O5/c1-11(2)14(20-17(24)25-18(3,4)5)15(21)19-10-12-6-8-13(9-7-12)16(22)23/h11-14H,6-10H2,1-5H3,(H,19,21)(H,20,24)(H,22,23)/t12?,13?,14-/m1/s1. The van der Waals surface area contributed by atoms with Gasteiger partial charge in [-0.25, -0.2) is 4.79 Å². The van der Waals surface area contributed by atoms with Crippen LogP contribution < -0.4 is 10.6 Å². The number of hydrogen-bond acceptors (Lipinski definition) is 4. The van der Waals surface area contributed by atoms with Gasteiger partial charge in [0.15, 0.2) is 0 Å². The first-order valence-corrected chi connectivity index (χ1v) is 8.99. The molecule has 1 aliphatic rings. The molecule has 1 atom stereocenters. The zero-order chi connectivity index (χ0) is 19.2. The maximum Gasteiger partial charge on any atom is 0.408 e. The molecule has 1 rings (SSSR count). The Morgan fingerprint density at radius 2 is 1.68 bits per heavy atom. The van der Waals surface area contributed by atoms with Crippen molar-refractivity contribution in [1.82, 2.24) is 10.6 Å². The van der Waals surface area contributed by atoms with Gasteiger partial charge in [0, 0.05) is 6.54 Å². The summed E-state index contributed by atoms with van der Waals surface area (Å²) >= 11 is 0. The van der Waals surface area contributed by atoms with Gasteiger partial charge in [-0.3, -0.25) is 9.59 Å². The highest BCUT2D eigenvalue weighted by Crippen LogP contribution is 2.28. The van der Waals surface area contributed by atoms with E-state index in [1.165, 1.54) is 0 Å². The molecule has 25 heavy (non-hydrogen) atoms. The first-order valence-electron chi connectivity index (χ1n) is 8.99. The second-order valence-corrected chi connectivity index (χ2v) is 8.17. The molecule has 0 radical (unpaired) electrons. The summed E-state index contributed by atoms with van der Waals surface area (Å²) in [5.74, 6) is -1.02. The highest BCUT2D eigenvalue weighted by molar-refractivity contribution is 5.85. The summed E-state index contributed by atoms with van der Waals surface area (Å²) in [7, 11) is 0. The highest BCUT2D eigenvalue weighted by Gasteiger charge is 2.29. The summed E-state index contributed by atoms with van der Waals surface area (Å²) < 4.78 is 5.21. The fourth-order valence-corrected chi connectivity index (χ4v) is 2.94. The average molecular weight is 356 g/mol. The molecule has 1 aliphatic carbocycles. The number of rotatable bonds is 6. The number of alkyl carbamates (subject to hydrolysis) is 1. The number of carbonyl (C=O) groups is 3. The molecule has 3 N–H and O–H groups in total. The van der Waals surface area contributed by atoms with Crippen LogP contribution in [-0.4, -0.2) is 41.3 Å². The minimum absolute atomic E-state index is 0.0738. The van der Waals surface area contributed by atoms with E-state index >= 15 is 0 Å². The molecule has 0 aromatic heterocycles. The lowest BCUT2D eigenvalue weighted by Crippen LogP contribution is -2.51. The largest absolute Gasteiger partial charge is 0.481 e. The normalized spacial score (nSPS) is 22.2. The van der Waals surface area contributed by atoms with E-state index in [0.29, 0.717) is 19.4 Å². The van der Waals surface area contributed by atoms with Crippen molar-refractivity contribution in [2.45, 2.75) is 71.9 Å². The van der Waals surface area contributed by atoms with Crippen molar-refractivity contribution in [1.29, 1.82) is 0 Å². The van der Waals surface area contributed by atoms with E-state index in [9.17, 15) is 14.4 Å². The first kappa shape index (κ1) is 21.3. The Morgan fingerprint density at radius 3 is 2.12 bits per heavy atom. The summed E-state index contributed by atoms with van der Waals surface area (Å²) in [5, 5.41) is 14.5. The van der Waals surface area contributed by atoms with Gasteiger partial charge in [0.1, 0.15) is 11.6 Å². The van der Waals surface area contributed by atoms with E-state index in [1.54, 1.807) is 20.8 Å². The third-order valence-corrected chi connectivity index (χ3v) is 4.38. The fraction of sp³-hybridized carbons (Fsp3) is 0.833. The van der Waals surface area contributed by atoms with E-state index in [1.807, 2.05) is 13.8 Å². The topological polar surface area (TPSA) is 105 Å². The number of ether oxygens (including phenoxy) is 1. The van der Waals surface area contributed by atoms with Crippen LogP contribution in [0.15, 0.2) is 0 Å². The van der Waals surface area contributed by atoms with Crippen molar-refractivity contribution >= 4 is 18.0 Å². The predicted molar refractivity (Wildman–Crippen MR) is 94.1 cm³/mol. The van der Waals surface area contributed by atoms with E-state index in [2.05, 4.69) is 10.6 Å². The van der Waals surface area contributed by atoms with Gasteiger partial charge in [-0.05, 0) is 58.3 Å². The summed E-state index contributed by atoms with van der Waals surface area (Å²) in [6.45, 7) is 9.53. The summed E-state index contributed by atoms with van der Waals surface area (Å²) in [5.41, 5.74) is -0.620. The lowest BCUT2D eigenvalue weighted by molar-refractivity contribution is -0.143. The van der Waals surface area contributed by atoms with Crippen LogP contribution in [-0.2, 0) is 14.3 Å². The fourth-order valence-electron chi connectivity index (χ4n) is 2.94. The Labute approximate surface area is 149 Å². The molecule has 0 unspecified atom stereocenters. The second kappa shape index (κ2) is 9.06. The van der Waals surface area contributed by atoms with Crippen molar-refractivity contribution in [2.75, 3.05) is 6.54 Å². The molecule has 1 fully saturated rings. The molecule has 0 spiro atoms. The maximum atomic E-state index is 12.4. The molecule has 0 aromatic carbocycles. The highest BCUT2D eigenvalue weighted by atomic mass is 16.6. The number of carboxylic acids is 1. The zero-order valence-corrected chi connectivity index (χ0v) is 15.9. The van der Waals surface area contributed by atoms with Crippen LogP contribution in [0.4, 0.5) is 4.79 Å². The van der Waals surface area contributed by atoms with Crippen LogP contribution in [0.5, 0.6) is 0 Å². The van der Waals surface area contributed by atoms with E-state index < -0.39 is 23.7 Å². The Bertz CT molecular complexity index is 476. The van der Waals surface area contributed by atoms with Gasteiger partial charge >= 0.3 is 12.1 Å². The van der Waals surface area contributed by atoms with Gasteiger partial charge in [-0.15, -0.1) is 0 Å². The third kappa shape index (κ3) is 7.75. The Balaban J connectivity index is 2.46. The predicted octanol–water partition coefficient (Wildman–Crippen LogP) is 2.54. The molecule has 0 heterocycles. The van der Waals surface area contributed by atoms with Crippen molar-refractivity contribution in [3.8, 4) is 0 Å². The molecule has 0 bridgehead atoms. The average Bonchev–Trinajstić information content (AvgIpc) is 2.48. The molecule has 0 aliphatic heterocycles. The third-order valence-electron chi connectivity index (χ3n) is 4.38. The molecule has 7 nitrogen and oxygen atoms in total. The number of hydrogen-bond donors (Lipinski definition) is 3. The van der Waals surface area contributed by atoms with Crippen LogP contribution in [0.1, 0.15) is 60.3 Å².